The van der Waals surface area contributed by atoms with Crippen molar-refractivity contribution in [3.05, 3.63) is 29.6 Å². The van der Waals surface area contributed by atoms with Gasteiger partial charge in [-0.1, -0.05) is 25.3 Å². The largest absolute Gasteiger partial charge is 0.325 e. The number of hydrogen-bond donors (Lipinski definition) is 1. The van der Waals surface area contributed by atoms with Crippen LogP contribution >= 0.6 is 0 Å². The molecule has 1 aliphatic carbocycles. The maximum Gasteiger partial charge on any atom is 0.325 e. The van der Waals surface area contributed by atoms with Gasteiger partial charge in [0.05, 0.1) is 12.2 Å². The number of aromatic nitrogens is 1. The minimum absolute atomic E-state index is 0.129. The van der Waals surface area contributed by atoms with Gasteiger partial charge in [0.1, 0.15) is 5.54 Å². The molecule has 0 aromatic carbocycles. The molecule has 0 unspecified atom stereocenters. The summed E-state index contributed by atoms with van der Waals surface area (Å²) < 4.78 is 0. The van der Waals surface area contributed by atoms with Gasteiger partial charge < -0.3 is 4.90 Å². The van der Waals surface area contributed by atoms with Gasteiger partial charge in [-0.25, -0.2) is 4.79 Å². The summed E-state index contributed by atoms with van der Waals surface area (Å²) in [5, 5.41) is 2.49. The number of rotatable bonds is 2. The van der Waals surface area contributed by atoms with E-state index in [-0.39, 0.29) is 11.9 Å². The first-order valence-electron chi connectivity index (χ1n) is 7.17. The number of amides is 3. The van der Waals surface area contributed by atoms with Crippen LogP contribution in [0.4, 0.5) is 4.79 Å². The second-order valence-corrected chi connectivity index (χ2v) is 5.70. The molecule has 1 saturated heterocycles. The fourth-order valence-electron chi connectivity index (χ4n) is 3.29. The quantitative estimate of drug-likeness (QED) is 0.840. The Kier molecular flexibility index (Phi) is 3.20. The van der Waals surface area contributed by atoms with Crippen LogP contribution in [0.15, 0.2) is 18.3 Å². The van der Waals surface area contributed by atoms with Gasteiger partial charge >= 0.3 is 6.03 Å². The Morgan fingerprint density at radius 1 is 1.30 bits per heavy atom. The van der Waals surface area contributed by atoms with Gasteiger partial charge in [-0.15, -0.1) is 0 Å². The maximum atomic E-state index is 12.3. The molecule has 5 heteroatoms. The Bertz CT molecular complexity index is 550. The Balaban J connectivity index is 1.91. The van der Waals surface area contributed by atoms with Crippen molar-refractivity contribution in [2.45, 2.75) is 51.1 Å². The van der Waals surface area contributed by atoms with E-state index in [9.17, 15) is 9.59 Å². The molecule has 2 heterocycles. The fourth-order valence-corrected chi connectivity index (χ4v) is 3.29. The highest BCUT2D eigenvalue weighted by atomic mass is 16.2. The van der Waals surface area contributed by atoms with E-state index >= 15 is 0 Å². The van der Waals surface area contributed by atoms with Crippen molar-refractivity contribution in [1.82, 2.24) is 15.2 Å². The third kappa shape index (κ3) is 1.97. The lowest BCUT2D eigenvalue weighted by Gasteiger charge is -2.38. The van der Waals surface area contributed by atoms with Crippen LogP contribution in [-0.4, -0.2) is 27.4 Å². The molecule has 3 rings (SSSR count). The average molecular weight is 273 g/mol. The monoisotopic (exact) mass is 273 g/mol. The van der Waals surface area contributed by atoms with Crippen molar-refractivity contribution in [3.8, 4) is 0 Å². The van der Waals surface area contributed by atoms with Gasteiger partial charge in [0.25, 0.3) is 5.91 Å². The first-order chi connectivity index (χ1) is 9.63. The molecule has 0 radical (unpaired) electrons. The second kappa shape index (κ2) is 4.89. The van der Waals surface area contributed by atoms with Crippen LogP contribution in [0.25, 0.3) is 0 Å². The zero-order chi connectivity index (χ0) is 14.2. The molecule has 2 fully saturated rings. The van der Waals surface area contributed by atoms with E-state index in [2.05, 4.69) is 10.3 Å². The van der Waals surface area contributed by atoms with E-state index < -0.39 is 5.54 Å². The SMILES string of the molecule is Cc1cccnc1CN1C(=O)NC(=O)C12CCCCC2. The molecule has 0 bridgehead atoms. The highest BCUT2D eigenvalue weighted by molar-refractivity contribution is 6.07. The highest BCUT2D eigenvalue weighted by Crippen LogP contribution is 2.38. The number of pyridine rings is 1. The summed E-state index contributed by atoms with van der Waals surface area (Å²) in [7, 11) is 0. The predicted octanol–water partition coefficient (Wildman–Crippen LogP) is 2.14. The summed E-state index contributed by atoms with van der Waals surface area (Å²) in [5.74, 6) is -0.129. The summed E-state index contributed by atoms with van der Waals surface area (Å²) >= 11 is 0. The van der Waals surface area contributed by atoms with Crippen molar-refractivity contribution in [2.75, 3.05) is 0 Å². The molecule has 20 heavy (non-hydrogen) atoms. The molecule has 1 aromatic rings. The van der Waals surface area contributed by atoms with Crippen LogP contribution < -0.4 is 5.32 Å². The Morgan fingerprint density at radius 3 is 2.75 bits per heavy atom. The molecule has 1 spiro atoms. The smallest absolute Gasteiger partial charge is 0.304 e. The van der Waals surface area contributed by atoms with Gasteiger partial charge in [-0.2, -0.15) is 0 Å². The number of carbonyl (C=O) groups excluding carboxylic acids is 2. The molecule has 1 saturated carbocycles. The Hall–Kier alpha value is -1.91. The van der Waals surface area contributed by atoms with Crippen LogP contribution in [0.3, 0.4) is 0 Å². The number of aryl methyl sites for hydroxylation is 1. The van der Waals surface area contributed by atoms with Gasteiger partial charge in [0, 0.05) is 6.20 Å². The molecular weight excluding hydrogens is 254 g/mol. The zero-order valence-electron chi connectivity index (χ0n) is 11.7. The first-order valence-corrected chi connectivity index (χ1v) is 7.17. The molecule has 0 atom stereocenters. The van der Waals surface area contributed by atoms with E-state index in [4.69, 9.17) is 0 Å². The van der Waals surface area contributed by atoms with E-state index in [0.717, 1.165) is 43.4 Å². The lowest BCUT2D eigenvalue weighted by atomic mass is 9.80. The lowest BCUT2D eigenvalue weighted by Crippen LogP contribution is -2.50. The molecule has 3 amide bonds. The lowest BCUT2D eigenvalue weighted by molar-refractivity contribution is -0.128. The standard InChI is InChI=1S/C15H19N3O2/c1-11-6-5-9-16-12(11)10-18-14(20)17-13(19)15(18)7-3-2-4-8-15/h5-6,9H,2-4,7-8,10H2,1H3,(H,17,19,20). The molecule has 1 aromatic heterocycles. The summed E-state index contributed by atoms with van der Waals surface area (Å²) in [6.45, 7) is 2.38. The summed E-state index contributed by atoms with van der Waals surface area (Å²) in [5.41, 5.74) is 1.27. The Labute approximate surface area is 118 Å². The topological polar surface area (TPSA) is 62.3 Å². The van der Waals surface area contributed by atoms with Gasteiger partial charge in [-0.05, 0) is 31.4 Å². The van der Waals surface area contributed by atoms with Crippen molar-refractivity contribution in [1.29, 1.82) is 0 Å². The van der Waals surface area contributed by atoms with E-state index in [1.165, 1.54) is 0 Å². The second-order valence-electron chi connectivity index (χ2n) is 5.70. The number of carbonyl (C=O) groups is 2. The maximum absolute atomic E-state index is 12.3. The first kappa shape index (κ1) is 13.1. The van der Waals surface area contributed by atoms with Gasteiger partial charge in [-0.3, -0.25) is 15.1 Å². The number of imide groups is 1. The molecule has 5 nitrogen and oxygen atoms in total. The third-order valence-corrected chi connectivity index (χ3v) is 4.51. The normalized spacial score (nSPS) is 21.4. The number of nitrogens with zero attached hydrogens (tertiary/aromatic N) is 2. The predicted molar refractivity (Wildman–Crippen MR) is 73.9 cm³/mol. The van der Waals surface area contributed by atoms with E-state index in [1.54, 1.807) is 11.1 Å². The molecule has 2 aliphatic rings. The van der Waals surface area contributed by atoms with E-state index in [0.29, 0.717) is 6.54 Å². The van der Waals surface area contributed by atoms with Gasteiger partial charge in [0.15, 0.2) is 0 Å². The highest BCUT2D eigenvalue weighted by Gasteiger charge is 2.52. The Morgan fingerprint density at radius 2 is 2.05 bits per heavy atom. The average Bonchev–Trinajstić information content (AvgIpc) is 2.66. The van der Waals surface area contributed by atoms with Crippen LogP contribution in [-0.2, 0) is 11.3 Å². The molecule has 106 valence electrons. The van der Waals surface area contributed by atoms with Crippen molar-refractivity contribution >= 4 is 11.9 Å². The number of nitrogens with one attached hydrogen (secondary N) is 1. The van der Waals surface area contributed by atoms with E-state index in [1.807, 2.05) is 19.1 Å². The van der Waals surface area contributed by atoms with Crippen molar-refractivity contribution in [3.63, 3.8) is 0 Å². The minimum Gasteiger partial charge on any atom is -0.304 e. The van der Waals surface area contributed by atoms with Crippen molar-refractivity contribution in [2.24, 2.45) is 0 Å². The van der Waals surface area contributed by atoms with Crippen LogP contribution in [0, 0.1) is 6.92 Å². The number of hydrogen-bond acceptors (Lipinski definition) is 3. The molecular formula is C15H19N3O2. The minimum atomic E-state index is -0.640. The summed E-state index contributed by atoms with van der Waals surface area (Å²) in [4.78, 5) is 30.4. The van der Waals surface area contributed by atoms with Crippen LogP contribution in [0.5, 0.6) is 0 Å². The van der Waals surface area contributed by atoms with Crippen LogP contribution in [0.1, 0.15) is 43.4 Å². The van der Waals surface area contributed by atoms with Crippen molar-refractivity contribution < 1.29 is 9.59 Å². The van der Waals surface area contributed by atoms with Crippen LogP contribution in [0.2, 0.25) is 0 Å². The van der Waals surface area contributed by atoms with Gasteiger partial charge in [0.2, 0.25) is 0 Å². The summed E-state index contributed by atoms with van der Waals surface area (Å²) in [6.07, 6.45) is 6.38. The zero-order valence-corrected chi connectivity index (χ0v) is 11.7. The third-order valence-electron chi connectivity index (χ3n) is 4.51. The fraction of sp³-hybridized carbons (Fsp3) is 0.533. The summed E-state index contributed by atoms with van der Waals surface area (Å²) in [6, 6.07) is 3.58. The molecule has 1 aliphatic heterocycles. The molecule has 1 N–H and O–H groups in total. The number of urea groups is 1.